The highest BCUT2D eigenvalue weighted by Crippen LogP contribution is 2.22. The van der Waals surface area contributed by atoms with Gasteiger partial charge in [-0.1, -0.05) is 31.2 Å². The fraction of sp³-hybridized carbons (Fsp3) is 0.286. The molecule has 0 aliphatic rings. The number of hydrogen-bond acceptors (Lipinski definition) is 5. The number of carbonyl (C=O) groups is 3. The second-order valence-electron chi connectivity index (χ2n) is 6.10. The Balaban J connectivity index is 1.85. The number of para-hydroxylation sites is 1. The third kappa shape index (κ3) is 6.75. The van der Waals surface area contributed by atoms with Crippen molar-refractivity contribution in [3.63, 3.8) is 0 Å². The predicted molar refractivity (Wildman–Crippen MR) is 104 cm³/mol. The Hall–Kier alpha value is -3.35. The lowest BCUT2D eigenvalue weighted by Crippen LogP contribution is -2.46. The molecule has 28 heavy (non-hydrogen) atoms. The molecule has 2 aromatic carbocycles. The van der Waals surface area contributed by atoms with Crippen LogP contribution in [0.25, 0.3) is 0 Å². The van der Waals surface area contributed by atoms with Crippen molar-refractivity contribution in [2.24, 2.45) is 0 Å². The van der Waals surface area contributed by atoms with E-state index in [2.05, 4.69) is 10.6 Å². The number of ether oxygens (including phenoxy) is 2. The summed E-state index contributed by atoms with van der Waals surface area (Å²) >= 11 is 0. The van der Waals surface area contributed by atoms with Crippen LogP contribution in [-0.4, -0.2) is 37.0 Å². The van der Waals surface area contributed by atoms with Gasteiger partial charge >= 0.3 is 5.97 Å². The molecule has 0 unspecified atom stereocenters. The molecular formula is C21H24N2O5. The van der Waals surface area contributed by atoms with Crippen LogP contribution in [0.4, 0.5) is 0 Å². The fourth-order valence-electron chi connectivity index (χ4n) is 2.28. The molecule has 2 rings (SSSR count). The largest absolute Gasteiger partial charge is 0.457 e. The van der Waals surface area contributed by atoms with Crippen molar-refractivity contribution in [1.29, 1.82) is 0 Å². The van der Waals surface area contributed by atoms with Gasteiger partial charge in [0, 0.05) is 6.54 Å². The molecule has 0 aliphatic carbocycles. The van der Waals surface area contributed by atoms with E-state index in [1.165, 1.54) is 6.07 Å². The van der Waals surface area contributed by atoms with Crippen molar-refractivity contribution in [3.8, 4) is 11.5 Å². The zero-order chi connectivity index (χ0) is 20.4. The van der Waals surface area contributed by atoms with E-state index >= 15 is 0 Å². The smallest absolute Gasteiger partial charge is 0.338 e. The van der Waals surface area contributed by atoms with Crippen molar-refractivity contribution in [3.05, 3.63) is 60.2 Å². The molecule has 148 valence electrons. The van der Waals surface area contributed by atoms with Crippen LogP contribution < -0.4 is 15.4 Å². The molecule has 2 amide bonds. The van der Waals surface area contributed by atoms with Gasteiger partial charge in [-0.2, -0.15) is 0 Å². The monoisotopic (exact) mass is 384 g/mol. The van der Waals surface area contributed by atoms with Gasteiger partial charge in [0.2, 0.25) is 5.91 Å². The van der Waals surface area contributed by atoms with Crippen LogP contribution in [0, 0.1) is 0 Å². The quantitative estimate of drug-likeness (QED) is 0.649. The number of rotatable bonds is 9. The molecule has 2 N–H and O–H groups in total. The molecule has 0 aromatic heterocycles. The van der Waals surface area contributed by atoms with Gasteiger partial charge in [-0.05, 0) is 43.7 Å². The van der Waals surface area contributed by atoms with E-state index in [1.807, 2.05) is 25.1 Å². The average Bonchev–Trinajstić information content (AvgIpc) is 2.71. The summed E-state index contributed by atoms with van der Waals surface area (Å²) in [6.07, 6.45) is 0.803. The van der Waals surface area contributed by atoms with Gasteiger partial charge in [0.25, 0.3) is 5.91 Å². The molecule has 0 fully saturated rings. The molecule has 0 spiro atoms. The van der Waals surface area contributed by atoms with E-state index in [0.29, 0.717) is 18.0 Å². The van der Waals surface area contributed by atoms with Crippen LogP contribution in [0.3, 0.4) is 0 Å². The molecule has 0 radical (unpaired) electrons. The SMILES string of the molecule is CCCNC(=O)[C@H](C)NC(=O)COC(=O)c1cccc(Oc2ccccc2)c1. The third-order valence-electron chi connectivity index (χ3n) is 3.70. The highest BCUT2D eigenvalue weighted by atomic mass is 16.5. The average molecular weight is 384 g/mol. The van der Waals surface area contributed by atoms with Gasteiger partial charge in [-0.25, -0.2) is 4.79 Å². The van der Waals surface area contributed by atoms with Crippen LogP contribution in [0.1, 0.15) is 30.6 Å². The van der Waals surface area contributed by atoms with Crippen molar-refractivity contribution < 1.29 is 23.9 Å². The first-order chi connectivity index (χ1) is 13.5. The van der Waals surface area contributed by atoms with Crippen molar-refractivity contribution >= 4 is 17.8 Å². The topological polar surface area (TPSA) is 93.7 Å². The Morgan fingerprint density at radius 2 is 1.71 bits per heavy atom. The molecule has 0 bridgehead atoms. The predicted octanol–water partition coefficient (Wildman–Crippen LogP) is 2.67. The van der Waals surface area contributed by atoms with E-state index in [-0.39, 0.29) is 11.5 Å². The van der Waals surface area contributed by atoms with E-state index < -0.39 is 24.5 Å². The Labute approximate surface area is 164 Å². The van der Waals surface area contributed by atoms with Crippen LogP contribution in [0.15, 0.2) is 54.6 Å². The maximum absolute atomic E-state index is 12.2. The van der Waals surface area contributed by atoms with Crippen molar-refractivity contribution in [2.45, 2.75) is 26.3 Å². The second kappa shape index (κ2) is 10.7. The van der Waals surface area contributed by atoms with Gasteiger partial charge in [-0.3, -0.25) is 9.59 Å². The Bertz CT molecular complexity index is 807. The molecule has 7 nitrogen and oxygen atoms in total. The van der Waals surface area contributed by atoms with Gasteiger partial charge in [0.1, 0.15) is 17.5 Å². The van der Waals surface area contributed by atoms with Crippen LogP contribution in [0.2, 0.25) is 0 Å². The zero-order valence-electron chi connectivity index (χ0n) is 15.9. The lowest BCUT2D eigenvalue weighted by molar-refractivity contribution is -0.130. The first-order valence-corrected chi connectivity index (χ1v) is 9.06. The zero-order valence-corrected chi connectivity index (χ0v) is 15.9. The second-order valence-corrected chi connectivity index (χ2v) is 6.10. The number of hydrogen-bond donors (Lipinski definition) is 2. The minimum atomic E-state index is -0.708. The summed E-state index contributed by atoms with van der Waals surface area (Å²) in [5, 5.41) is 5.17. The molecule has 1 atom stereocenters. The Kier molecular flexibility index (Phi) is 8.02. The highest BCUT2D eigenvalue weighted by Gasteiger charge is 2.17. The van der Waals surface area contributed by atoms with Crippen molar-refractivity contribution in [2.75, 3.05) is 13.2 Å². The highest BCUT2D eigenvalue weighted by molar-refractivity contribution is 5.92. The standard InChI is InChI=1S/C21H24N2O5/c1-3-12-22-20(25)15(2)23-19(24)14-27-21(26)16-8-7-11-18(13-16)28-17-9-5-4-6-10-17/h4-11,13,15H,3,12,14H2,1-2H3,(H,22,25)(H,23,24)/t15-/m0/s1. The van der Waals surface area contributed by atoms with E-state index in [9.17, 15) is 14.4 Å². The van der Waals surface area contributed by atoms with Gasteiger partial charge in [0.05, 0.1) is 5.56 Å². The summed E-state index contributed by atoms with van der Waals surface area (Å²) in [5.41, 5.74) is 0.259. The first-order valence-electron chi connectivity index (χ1n) is 9.06. The van der Waals surface area contributed by atoms with E-state index in [1.54, 1.807) is 37.3 Å². The number of esters is 1. The van der Waals surface area contributed by atoms with E-state index in [4.69, 9.17) is 9.47 Å². The molecular weight excluding hydrogens is 360 g/mol. The maximum Gasteiger partial charge on any atom is 0.338 e. The third-order valence-corrected chi connectivity index (χ3v) is 3.70. The molecule has 7 heteroatoms. The number of nitrogens with one attached hydrogen (secondary N) is 2. The van der Waals surface area contributed by atoms with Gasteiger partial charge in [-0.15, -0.1) is 0 Å². The van der Waals surface area contributed by atoms with Crippen LogP contribution in [0.5, 0.6) is 11.5 Å². The first kappa shape index (κ1) is 21.0. The number of benzene rings is 2. The Morgan fingerprint density at radius 3 is 2.43 bits per heavy atom. The van der Waals surface area contributed by atoms with Crippen molar-refractivity contribution in [1.82, 2.24) is 10.6 Å². The number of amides is 2. The molecule has 0 saturated heterocycles. The van der Waals surface area contributed by atoms with E-state index in [0.717, 1.165) is 6.42 Å². The van der Waals surface area contributed by atoms with Gasteiger partial charge in [0.15, 0.2) is 6.61 Å². The normalized spacial score (nSPS) is 11.2. The lowest BCUT2D eigenvalue weighted by atomic mass is 10.2. The fourth-order valence-corrected chi connectivity index (χ4v) is 2.28. The minimum Gasteiger partial charge on any atom is -0.457 e. The summed E-state index contributed by atoms with van der Waals surface area (Å²) < 4.78 is 10.7. The summed E-state index contributed by atoms with van der Waals surface area (Å²) in [5.74, 6) is -0.373. The van der Waals surface area contributed by atoms with Gasteiger partial charge < -0.3 is 20.1 Å². The molecule has 0 aliphatic heterocycles. The summed E-state index contributed by atoms with van der Waals surface area (Å²) in [4.78, 5) is 35.8. The summed E-state index contributed by atoms with van der Waals surface area (Å²) in [6.45, 7) is 3.56. The maximum atomic E-state index is 12.2. The molecule has 0 saturated carbocycles. The summed E-state index contributed by atoms with van der Waals surface area (Å²) in [7, 11) is 0. The lowest BCUT2D eigenvalue weighted by Gasteiger charge is -2.14. The minimum absolute atomic E-state index is 0.259. The Morgan fingerprint density at radius 1 is 1.00 bits per heavy atom. The summed E-state index contributed by atoms with van der Waals surface area (Å²) in [6, 6.07) is 14.9. The van der Waals surface area contributed by atoms with Crippen LogP contribution in [-0.2, 0) is 14.3 Å². The molecule has 0 heterocycles. The van der Waals surface area contributed by atoms with Crippen LogP contribution >= 0.6 is 0 Å². The molecule has 2 aromatic rings. The number of carbonyl (C=O) groups excluding carboxylic acids is 3.